The van der Waals surface area contributed by atoms with E-state index < -0.39 is 23.6 Å². The first-order valence-electron chi connectivity index (χ1n) is 4.58. The molecule has 0 fully saturated rings. The van der Waals surface area contributed by atoms with Crippen LogP contribution in [-0.2, 0) is 4.79 Å². The van der Waals surface area contributed by atoms with Gasteiger partial charge in [0, 0.05) is 6.07 Å². The third-order valence-corrected chi connectivity index (χ3v) is 2.38. The fraction of sp³-hybridized carbons (Fsp3) is 0.300. The predicted octanol–water partition coefficient (Wildman–Crippen LogP) is 2.16. The van der Waals surface area contributed by atoms with E-state index in [0.717, 1.165) is 6.07 Å². The lowest BCUT2D eigenvalue weighted by atomic mass is 10.2. The van der Waals surface area contributed by atoms with Crippen LogP contribution in [0, 0.1) is 11.6 Å². The van der Waals surface area contributed by atoms with Gasteiger partial charge < -0.3 is 10.6 Å². The van der Waals surface area contributed by atoms with Crippen molar-refractivity contribution in [1.29, 1.82) is 0 Å². The Morgan fingerprint density at radius 3 is 2.56 bits per heavy atom. The van der Waals surface area contributed by atoms with E-state index in [1.54, 1.807) is 14.0 Å². The summed E-state index contributed by atoms with van der Waals surface area (Å²) in [5, 5.41) is 4.79. The van der Waals surface area contributed by atoms with Gasteiger partial charge in [0.1, 0.15) is 5.82 Å². The molecule has 1 aromatic carbocycles. The Balaban J connectivity index is 2.93. The van der Waals surface area contributed by atoms with E-state index in [-0.39, 0.29) is 10.7 Å². The molecule has 2 N–H and O–H groups in total. The number of carbonyl (C=O) groups excluding carboxylic acids is 1. The Labute approximate surface area is 96.8 Å². The van der Waals surface area contributed by atoms with Gasteiger partial charge in [0.2, 0.25) is 5.91 Å². The molecular weight excluding hydrogens is 238 g/mol. The maximum Gasteiger partial charge on any atom is 0.241 e. The molecule has 0 aromatic heterocycles. The quantitative estimate of drug-likeness (QED) is 0.861. The maximum atomic E-state index is 13.3. The highest BCUT2D eigenvalue weighted by Crippen LogP contribution is 2.26. The van der Waals surface area contributed by atoms with Crippen molar-refractivity contribution in [3.05, 3.63) is 28.8 Å². The lowest BCUT2D eigenvalue weighted by molar-refractivity contribution is -0.117. The maximum absolute atomic E-state index is 13.3. The first-order chi connectivity index (χ1) is 7.45. The molecule has 1 amide bonds. The molecule has 0 radical (unpaired) electrons. The minimum Gasteiger partial charge on any atom is -0.321 e. The average molecular weight is 249 g/mol. The Morgan fingerprint density at radius 1 is 1.44 bits per heavy atom. The first kappa shape index (κ1) is 12.9. The van der Waals surface area contributed by atoms with Gasteiger partial charge in [-0.1, -0.05) is 11.6 Å². The predicted molar refractivity (Wildman–Crippen MR) is 58.5 cm³/mol. The van der Waals surface area contributed by atoms with E-state index in [2.05, 4.69) is 10.6 Å². The number of nitrogens with one attached hydrogen (secondary N) is 2. The van der Waals surface area contributed by atoms with Gasteiger partial charge in [-0.05, 0) is 20.0 Å². The molecule has 3 nitrogen and oxygen atoms in total. The number of amides is 1. The fourth-order valence-electron chi connectivity index (χ4n) is 1.02. The molecule has 0 aliphatic carbocycles. The molecule has 0 heterocycles. The molecule has 0 aliphatic heterocycles. The number of hydrogen-bond acceptors (Lipinski definition) is 2. The third kappa shape index (κ3) is 2.90. The van der Waals surface area contributed by atoms with Gasteiger partial charge in [-0.25, -0.2) is 8.78 Å². The van der Waals surface area contributed by atoms with Gasteiger partial charge >= 0.3 is 0 Å². The number of carbonyl (C=O) groups is 1. The van der Waals surface area contributed by atoms with Gasteiger partial charge in [-0.2, -0.15) is 0 Å². The highest BCUT2D eigenvalue weighted by atomic mass is 35.5. The standard InChI is InChI=1S/C10H11ClF2N2O/c1-5(14-2)10(16)15-9-7(11)3-6(12)4-8(9)13/h3-5,14H,1-2H3,(H,15,16). The summed E-state index contributed by atoms with van der Waals surface area (Å²) in [5.41, 5.74) is -0.213. The van der Waals surface area contributed by atoms with Crippen molar-refractivity contribution >= 4 is 23.2 Å². The van der Waals surface area contributed by atoms with Crippen molar-refractivity contribution in [2.24, 2.45) is 0 Å². The van der Waals surface area contributed by atoms with E-state index in [9.17, 15) is 13.6 Å². The van der Waals surface area contributed by atoms with Crippen molar-refractivity contribution in [3.63, 3.8) is 0 Å². The minimum absolute atomic E-state index is 0.172. The van der Waals surface area contributed by atoms with Gasteiger partial charge in [0.05, 0.1) is 16.8 Å². The summed E-state index contributed by atoms with van der Waals surface area (Å²) >= 11 is 5.61. The molecule has 88 valence electrons. The summed E-state index contributed by atoms with van der Waals surface area (Å²) in [7, 11) is 1.59. The normalized spacial score (nSPS) is 12.3. The molecule has 0 saturated carbocycles. The molecule has 0 aliphatic rings. The second-order valence-electron chi connectivity index (χ2n) is 3.24. The SMILES string of the molecule is CNC(C)C(=O)Nc1c(F)cc(F)cc1Cl. The van der Waals surface area contributed by atoms with Gasteiger partial charge in [0.25, 0.3) is 0 Å². The van der Waals surface area contributed by atoms with Crippen LogP contribution in [-0.4, -0.2) is 19.0 Å². The van der Waals surface area contributed by atoms with Crippen molar-refractivity contribution < 1.29 is 13.6 Å². The minimum atomic E-state index is -0.901. The molecule has 0 spiro atoms. The highest BCUT2D eigenvalue weighted by Gasteiger charge is 2.16. The third-order valence-electron chi connectivity index (χ3n) is 2.08. The van der Waals surface area contributed by atoms with Crippen LogP contribution in [0.5, 0.6) is 0 Å². The van der Waals surface area contributed by atoms with Crippen LogP contribution in [0.15, 0.2) is 12.1 Å². The molecule has 1 unspecified atom stereocenters. The van der Waals surface area contributed by atoms with Crippen LogP contribution in [0.1, 0.15) is 6.92 Å². The first-order valence-corrected chi connectivity index (χ1v) is 4.96. The van der Waals surface area contributed by atoms with E-state index >= 15 is 0 Å². The van der Waals surface area contributed by atoms with Crippen LogP contribution in [0.25, 0.3) is 0 Å². The number of anilines is 1. The summed E-state index contributed by atoms with van der Waals surface area (Å²) in [6, 6.07) is 1.09. The molecule has 1 rings (SSSR count). The largest absolute Gasteiger partial charge is 0.321 e. The van der Waals surface area contributed by atoms with Gasteiger partial charge in [0.15, 0.2) is 5.82 Å². The Bertz CT molecular complexity index is 389. The smallest absolute Gasteiger partial charge is 0.241 e. The summed E-state index contributed by atoms with van der Waals surface area (Å²) in [6.07, 6.45) is 0. The van der Waals surface area contributed by atoms with E-state index in [0.29, 0.717) is 6.07 Å². The second-order valence-corrected chi connectivity index (χ2v) is 3.65. The van der Waals surface area contributed by atoms with Crippen LogP contribution in [0.3, 0.4) is 0 Å². The number of halogens is 3. The zero-order valence-electron chi connectivity index (χ0n) is 8.77. The van der Waals surface area contributed by atoms with Crippen molar-refractivity contribution in [2.75, 3.05) is 12.4 Å². The van der Waals surface area contributed by atoms with E-state index in [1.807, 2.05) is 0 Å². The summed E-state index contributed by atoms with van der Waals surface area (Å²) in [6.45, 7) is 1.60. The van der Waals surface area contributed by atoms with Gasteiger partial charge in [-0.3, -0.25) is 4.79 Å². The monoisotopic (exact) mass is 248 g/mol. The zero-order chi connectivity index (χ0) is 12.3. The Hall–Kier alpha value is -1.20. The topological polar surface area (TPSA) is 41.1 Å². The zero-order valence-corrected chi connectivity index (χ0v) is 9.53. The summed E-state index contributed by atoms with van der Waals surface area (Å²) in [4.78, 5) is 11.4. The molecule has 1 aromatic rings. The second kappa shape index (κ2) is 5.23. The average Bonchev–Trinajstić information content (AvgIpc) is 2.21. The van der Waals surface area contributed by atoms with Crippen LogP contribution in [0.4, 0.5) is 14.5 Å². The number of likely N-dealkylation sites (N-methyl/N-ethyl adjacent to an activating group) is 1. The molecule has 6 heteroatoms. The highest BCUT2D eigenvalue weighted by molar-refractivity contribution is 6.33. The molecule has 0 bridgehead atoms. The van der Waals surface area contributed by atoms with Crippen molar-refractivity contribution in [1.82, 2.24) is 5.32 Å². The number of rotatable bonds is 3. The van der Waals surface area contributed by atoms with Crippen LogP contribution < -0.4 is 10.6 Å². The Morgan fingerprint density at radius 2 is 2.06 bits per heavy atom. The Kier molecular flexibility index (Phi) is 4.20. The van der Waals surface area contributed by atoms with Crippen LogP contribution >= 0.6 is 11.6 Å². The summed E-state index contributed by atoms with van der Waals surface area (Å²) < 4.78 is 26.0. The van der Waals surface area contributed by atoms with Crippen LogP contribution in [0.2, 0.25) is 5.02 Å². The van der Waals surface area contributed by atoms with E-state index in [4.69, 9.17) is 11.6 Å². The molecule has 16 heavy (non-hydrogen) atoms. The number of hydrogen-bond donors (Lipinski definition) is 2. The molecule has 0 saturated heterocycles. The lowest BCUT2D eigenvalue weighted by Crippen LogP contribution is -2.35. The lowest BCUT2D eigenvalue weighted by Gasteiger charge is -2.12. The molecule has 1 atom stereocenters. The number of benzene rings is 1. The summed E-state index contributed by atoms with van der Waals surface area (Å²) in [5.74, 6) is -2.14. The van der Waals surface area contributed by atoms with Crippen molar-refractivity contribution in [3.8, 4) is 0 Å². The molecular formula is C10H11ClF2N2O. The van der Waals surface area contributed by atoms with E-state index in [1.165, 1.54) is 0 Å². The van der Waals surface area contributed by atoms with Gasteiger partial charge in [-0.15, -0.1) is 0 Å². The van der Waals surface area contributed by atoms with Crippen molar-refractivity contribution in [2.45, 2.75) is 13.0 Å². The fourth-order valence-corrected chi connectivity index (χ4v) is 1.27.